The Balaban J connectivity index is 0.00000139. The second kappa shape index (κ2) is 51.5. The molecule has 2 heterocycles. The van der Waals surface area contributed by atoms with Gasteiger partial charge in [0.15, 0.2) is 0 Å². The average Bonchev–Trinajstić information content (AvgIpc) is 4.45. The summed E-state index contributed by atoms with van der Waals surface area (Å²) in [5.74, 6) is 166. The van der Waals surface area contributed by atoms with Crippen LogP contribution in [0.15, 0.2) is 24.5 Å². The molecule has 0 saturated carbocycles. The first kappa shape index (κ1) is 62.2. The van der Waals surface area contributed by atoms with Crippen LogP contribution in [0.3, 0.4) is 0 Å². The zero-order valence-corrected chi connectivity index (χ0v) is 42.9. The predicted octanol–water partition coefficient (Wildman–Crippen LogP) is 3.21. The van der Waals surface area contributed by atoms with Crippen molar-refractivity contribution in [3.63, 3.8) is 0 Å². The van der Waals surface area contributed by atoms with Crippen LogP contribution in [0.2, 0.25) is 0 Å². The summed E-state index contributed by atoms with van der Waals surface area (Å²) in [6.45, 7) is 5.09. The lowest BCUT2D eigenvalue weighted by molar-refractivity contribution is 0.194. The van der Waals surface area contributed by atoms with Crippen LogP contribution < -0.4 is 0 Å². The van der Waals surface area contributed by atoms with E-state index in [1.165, 1.54) is 5.56 Å². The van der Waals surface area contributed by atoms with Crippen LogP contribution >= 0.6 is 0 Å². The molecule has 0 radical (unpaired) electrons. The van der Waals surface area contributed by atoms with Gasteiger partial charge in [0.05, 0.1) is 24.0 Å². The van der Waals surface area contributed by atoms with Crippen LogP contribution in [0.25, 0.3) is 11.0 Å². The number of imidazole rings is 1. The van der Waals surface area contributed by atoms with Gasteiger partial charge in [-0.2, -0.15) is 0 Å². The van der Waals surface area contributed by atoms with Gasteiger partial charge in [-0.3, -0.25) is 0 Å². The number of H-pyrrole nitrogens is 1. The molecule has 350 valence electrons. The lowest BCUT2D eigenvalue weighted by Crippen LogP contribution is -1.98. The summed E-state index contributed by atoms with van der Waals surface area (Å²) < 4.78 is 5.40. The van der Waals surface area contributed by atoms with Gasteiger partial charge in [-0.25, -0.2) is 4.98 Å². The third-order valence-corrected chi connectivity index (χ3v) is 7.04. The molecule has 1 aromatic heterocycles. The molecule has 1 saturated heterocycles. The zero-order valence-electron chi connectivity index (χ0n) is 42.9. The summed E-state index contributed by atoms with van der Waals surface area (Å²) in [4.78, 5) is 7.48. The molecule has 82 heavy (non-hydrogen) atoms. The number of nitrogens with one attached hydrogen (secondary N) is 1. The first-order chi connectivity index (χ1) is 40.9. The van der Waals surface area contributed by atoms with Crippen molar-refractivity contribution in [2.24, 2.45) is 0 Å². The Hall–Kier alpha value is -15.9. The van der Waals surface area contributed by atoms with Crippen molar-refractivity contribution in [3.05, 3.63) is 30.1 Å². The average molecular weight is 1010 g/mol. The molecule has 1 atom stereocenters. The van der Waals surface area contributed by atoms with Gasteiger partial charge in [-0.05, 0) is 127 Å². The maximum absolute atomic E-state index is 5.40. The Morgan fingerprint density at radius 1 is 0.305 bits per heavy atom. The van der Waals surface area contributed by atoms with Crippen molar-refractivity contribution in [2.45, 2.75) is 26.2 Å². The topological polar surface area (TPSA) is 37.9 Å². The number of rotatable bonds is 1. The van der Waals surface area contributed by atoms with Gasteiger partial charge in [0.25, 0.3) is 0 Å². The summed E-state index contributed by atoms with van der Waals surface area (Å²) in [5, 5.41) is 0. The zero-order chi connectivity index (χ0) is 58.0. The number of hydrogen-bond acceptors (Lipinski definition) is 2. The molecule has 0 bridgehead atoms. The van der Waals surface area contributed by atoms with Gasteiger partial charge < -0.3 is 9.72 Å². The molecule has 1 unspecified atom stereocenters. The van der Waals surface area contributed by atoms with Crippen LogP contribution in [0, 0.1) is 391 Å². The van der Waals surface area contributed by atoms with Gasteiger partial charge in [0, 0.05) is 297 Å². The highest BCUT2D eigenvalue weighted by Gasteiger charge is 2.20. The normalized spacial score (nSPS) is 7.02. The van der Waals surface area contributed by atoms with Crippen LogP contribution in [-0.2, 0) is 4.74 Å². The molecule has 2 aromatic rings. The van der Waals surface area contributed by atoms with Crippen molar-refractivity contribution in [3.8, 4) is 391 Å². The summed E-state index contributed by atoms with van der Waals surface area (Å²) in [5.41, 5.74) is 3.54. The SMILES string of the molecule is CC#CC#CC#CC#CC#CC#CC#CC#CC#CC#CC#CC#CC#CC#CC#CC#CC#CC#CC#CC#CC#CC#CC#CC#CC#CC#CC#CC#CC#CC#CC#CC#CC#CC.c1cc(C2CCOC2)c2nc[nH]c2c1. The Bertz CT molecular complexity index is 4940. The molecule has 0 amide bonds. The third kappa shape index (κ3) is 39.8. The van der Waals surface area contributed by atoms with E-state index in [-0.39, 0.29) is 0 Å². The van der Waals surface area contributed by atoms with Crippen molar-refractivity contribution >= 4 is 11.0 Å². The number of benzene rings is 1. The highest BCUT2D eigenvalue weighted by Crippen LogP contribution is 2.29. The van der Waals surface area contributed by atoms with E-state index >= 15 is 0 Å². The molecule has 3 heteroatoms. The van der Waals surface area contributed by atoms with E-state index < -0.39 is 0 Å². The Morgan fingerprint density at radius 3 is 0.695 bits per heavy atom. The number of hydrogen-bond donors (Lipinski definition) is 1. The van der Waals surface area contributed by atoms with E-state index in [1.807, 2.05) is 0 Å². The van der Waals surface area contributed by atoms with Crippen molar-refractivity contribution in [1.82, 2.24) is 9.97 Å². The first-order valence-electron chi connectivity index (χ1n) is 22.2. The quantitative estimate of drug-likeness (QED) is 0.447. The third-order valence-electron chi connectivity index (χ3n) is 7.04. The largest absolute Gasteiger partial charge is 0.381 e. The molecule has 3 nitrogen and oxygen atoms in total. The molecule has 1 fully saturated rings. The number of fused-ring (bicyclic) bond motifs is 1. The summed E-state index contributed by atoms with van der Waals surface area (Å²) in [6, 6.07) is 6.29. The Kier molecular flexibility index (Phi) is 39.1. The van der Waals surface area contributed by atoms with Crippen molar-refractivity contribution < 1.29 is 4.74 Å². The molecule has 1 aromatic carbocycles. The van der Waals surface area contributed by atoms with Gasteiger partial charge in [-0.1, -0.05) is 24.0 Å². The lowest BCUT2D eigenvalue weighted by Gasteiger charge is -2.07. The number of ether oxygens (including phenoxy) is 1. The monoisotopic (exact) mass is 1010 g/mol. The molecule has 0 aliphatic carbocycles. The van der Waals surface area contributed by atoms with Crippen LogP contribution in [0.1, 0.15) is 31.7 Å². The number of nitrogens with zero attached hydrogens (tertiary/aromatic N) is 1. The van der Waals surface area contributed by atoms with Gasteiger partial charge in [0.1, 0.15) is 0 Å². The molecule has 1 aliphatic heterocycles. The minimum Gasteiger partial charge on any atom is -0.381 e. The highest BCUT2D eigenvalue weighted by molar-refractivity contribution is 5.78. The second-order valence-electron chi connectivity index (χ2n) is 12.2. The van der Waals surface area contributed by atoms with E-state index in [4.69, 9.17) is 4.74 Å². The molecule has 1 aliphatic rings. The number of aromatic nitrogens is 2. The van der Waals surface area contributed by atoms with Crippen molar-refractivity contribution in [1.29, 1.82) is 0 Å². The maximum Gasteiger partial charge on any atom is 0.0931 e. The van der Waals surface area contributed by atoms with Crippen LogP contribution in [0.5, 0.6) is 0 Å². The summed E-state index contributed by atoms with van der Waals surface area (Å²) in [7, 11) is 0. The van der Waals surface area contributed by atoms with E-state index in [0.29, 0.717) is 5.92 Å². The Morgan fingerprint density at radius 2 is 0.512 bits per heavy atom. The predicted molar refractivity (Wildman–Crippen MR) is 322 cm³/mol. The molecule has 0 spiro atoms. The lowest BCUT2D eigenvalue weighted by atomic mass is 9.97. The standard InChI is InChI=1S/C68H6.C11H12N2O/c1-3-5-7-9-11-13-15-17-19-21-23-25-27-29-31-33-35-37-39-41-43-45-47-49-51-53-55-57-59-61-63-65-67-68-66-64-62-60-58-56-54-52-50-48-46-44-42-40-38-36-34-32-30-28-26-24-22-20-18-16-14-12-10-8-6-4-2;1-2-9(8-4-5-14-6-8)11-10(3-1)12-7-13-11/h1-2H3;1-3,7-8H,4-6H2,(H,12,13). The molecular weight excluding hydrogens is 993 g/mol. The van der Waals surface area contributed by atoms with Crippen LogP contribution in [-0.4, -0.2) is 23.2 Å². The van der Waals surface area contributed by atoms with E-state index in [1.54, 1.807) is 20.2 Å². The fraction of sp³-hybridized carbons (Fsp3) is 0.0759. The second-order valence-corrected chi connectivity index (χ2v) is 12.2. The fourth-order valence-electron chi connectivity index (χ4n) is 4.16. The van der Waals surface area contributed by atoms with Gasteiger partial charge in [0.2, 0.25) is 0 Å². The molecule has 3 rings (SSSR count). The van der Waals surface area contributed by atoms with Gasteiger partial charge in [-0.15, -0.1) is 0 Å². The molecule has 1 N–H and O–H groups in total. The van der Waals surface area contributed by atoms with Gasteiger partial charge >= 0.3 is 0 Å². The summed E-state index contributed by atoms with van der Waals surface area (Å²) >= 11 is 0. The highest BCUT2D eigenvalue weighted by atomic mass is 16.5. The summed E-state index contributed by atoms with van der Waals surface area (Å²) in [6.07, 6.45) is 2.87. The Labute approximate surface area is 483 Å². The first-order valence-corrected chi connectivity index (χ1v) is 22.2. The number of aromatic amines is 1. The van der Waals surface area contributed by atoms with E-state index in [9.17, 15) is 0 Å². The minimum absolute atomic E-state index is 0.530. The molecular formula is C79H18N2O. The smallest absolute Gasteiger partial charge is 0.0931 e. The van der Waals surface area contributed by atoms with Crippen molar-refractivity contribution in [2.75, 3.05) is 13.2 Å². The maximum atomic E-state index is 5.40. The van der Waals surface area contributed by atoms with Crippen LogP contribution in [0.4, 0.5) is 0 Å². The fourth-order valence-corrected chi connectivity index (χ4v) is 4.16. The van der Waals surface area contributed by atoms with E-state index in [2.05, 4.69) is 419 Å². The number of para-hydroxylation sites is 1. The minimum atomic E-state index is 0.530. The van der Waals surface area contributed by atoms with E-state index in [0.717, 1.165) is 30.7 Å².